The zero-order valence-corrected chi connectivity index (χ0v) is 12.5. The predicted octanol–water partition coefficient (Wildman–Crippen LogP) is 1.89. The monoisotopic (exact) mass is 280 g/mol. The minimum Gasteiger partial charge on any atom is -0.462 e. The van der Waals surface area contributed by atoms with Crippen LogP contribution < -0.4 is 11.1 Å². The van der Waals surface area contributed by atoms with Crippen molar-refractivity contribution in [2.45, 2.75) is 46.1 Å². The van der Waals surface area contributed by atoms with E-state index in [1.54, 1.807) is 13.8 Å². The Balaban J connectivity index is 2.73. The minimum absolute atomic E-state index is 0.155. The van der Waals surface area contributed by atoms with E-state index in [0.29, 0.717) is 30.4 Å². The summed E-state index contributed by atoms with van der Waals surface area (Å²) in [6, 6.07) is 0.155. The fourth-order valence-corrected chi connectivity index (χ4v) is 1.83. The number of anilines is 1. The lowest BCUT2D eigenvalue weighted by Gasteiger charge is -2.16. The Labute approximate surface area is 120 Å². The van der Waals surface area contributed by atoms with E-state index in [1.807, 2.05) is 0 Å². The van der Waals surface area contributed by atoms with Gasteiger partial charge in [0.05, 0.1) is 17.9 Å². The van der Waals surface area contributed by atoms with Crippen molar-refractivity contribution in [3.63, 3.8) is 0 Å². The molecule has 0 saturated heterocycles. The Morgan fingerprint density at radius 2 is 2.25 bits per heavy atom. The molecule has 6 heteroatoms. The molecule has 0 amide bonds. The van der Waals surface area contributed by atoms with Crippen molar-refractivity contribution in [2.75, 3.05) is 18.5 Å². The van der Waals surface area contributed by atoms with Crippen molar-refractivity contribution >= 4 is 11.9 Å². The number of aryl methyl sites for hydroxylation is 1. The van der Waals surface area contributed by atoms with E-state index in [0.717, 1.165) is 19.3 Å². The molecule has 1 aromatic rings. The molecule has 1 aromatic heterocycles. The molecule has 0 fully saturated rings. The van der Waals surface area contributed by atoms with Gasteiger partial charge in [0, 0.05) is 18.8 Å². The van der Waals surface area contributed by atoms with Gasteiger partial charge < -0.3 is 15.8 Å². The first-order valence-corrected chi connectivity index (χ1v) is 7.09. The number of hydrogen-bond acceptors (Lipinski definition) is 6. The lowest BCUT2D eigenvalue weighted by Crippen LogP contribution is -2.29. The summed E-state index contributed by atoms with van der Waals surface area (Å²) in [5.74, 6) is 0.111. The molecule has 0 radical (unpaired) electrons. The van der Waals surface area contributed by atoms with Crippen LogP contribution in [0.1, 0.15) is 49.2 Å². The van der Waals surface area contributed by atoms with Crippen LogP contribution in [-0.4, -0.2) is 35.1 Å². The van der Waals surface area contributed by atoms with Crippen LogP contribution in [0.5, 0.6) is 0 Å². The molecule has 0 aromatic carbocycles. The van der Waals surface area contributed by atoms with Gasteiger partial charge in [-0.3, -0.25) is 0 Å². The van der Waals surface area contributed by atoms with Gasteiger partial charge in [0.25, 0.3) is 0 Å². The summed E-state index contributed by atoms with van der Waals surface area (Å²) in [7, 11) is 0. The second kappa shape index (κ2) is 8.47. The number of aromatic nitrogens is 2. The second-order valence-electron chi connectivity index (χ2n) is 4.63. The summed E-state index contributed by atoms with van der Waals surface area (Å²) in [6.07, 6.45) is 4.71. The topological polar surface area (TPSA) is 90.1 Å². The average molecular weight is 280 g/mol. The molecule has 0 spiro atoms. The molecule has 1 unspecified atom stereocenters. The summed E-state index contributed by atoms with van der Waals surface area (Å²) >= 11 is 0. The van der Waals surface area contributed by atoms with Crippen LogP contribution in [-0.2, 0) is 4.74 Å². The van der Waals surface area contributed by atoms with Crippen LogP contribution in [0.15, 0.2) is 6.20 Å². The third-order valence-corrected chi connectivity index (χ3v) is 3.00. The summed E-state index contributed by atoms with van der Waals surface area (Å²) in [5.41, 5.74) is 6.73. The van der Waals surface area contributed by atoms with Gasteiger partial charge in [-0.15, -0.1) is 0 Å². The molecule has 20 heavy (non-hydrogen) atoms. The van der Waals surface area contributed by atoms with E-state index in [2.05, 4.69) is 22.2 Å². The smallest absolute Gasteiger partial charge is 0.341 e. The highest BCUT2D eigenvalue weighted by Crippen LogP contribution is 2.11. The Morgan fingerprint density at radius 3 is 2.80 bits per heavy atom. The van der Waals surface area contributed by atoms with Crippen LogP contribution in [0.4, 0.5) is 5.95 Å². The molecule has 1 heterocycles. The first-order valence-electron chi connectivity index (χ1n) is 7.09. The van der Waals surface area contributed by atoms with E-state index >= 15 is 0 Å². The fraction of sp³-hybridized carbons (Fsp3) is 0.643. The average Bonchev–Trinajstić information content (AvgIpc) is 2.43. The van der Waals surface area contributed by atoms with E-state index in [1.165, 1.54) is 6.20 Å². The number of nitrogens with two attached hydrogens (primary N) is 1. The zero-order valence-electron chi connectivity index (χ0n) is 12.5. The van der Waals surface area contributed by atoms with Crippen LogP contribution in [0.3, 0.4) is 0 Å². The fourth-order valence-electron chi connectivity index (χ4n) is 1.83. The SMILES string of the molecule is CCCCC(CN)Nc1ncc(C(=O)OCC)c(C)n1. The van der Waals surface area contributed by atoms with Gasteiger partial charge in [0.1, 0.15) is 0 Å². The molecule has 3 N–H and O–H groups in total. The van der Waals surface area contributed by atoms with Gasteiger partial charge in [-0.05, 0) is 20.3 Å². The number of ether oxygens (including phenoxy) is 1. The molecule has 112 valence electrons. The molecular formula is C14H24N4O2. The number of hydrogen-bond donors (Lipinski definition) is 2. The quantitative estimate of drug-likeness (QED) is 0.707. The number of carbonyl (C=O) groups excluding carboxylic acids is 1. The van der Waals surface area contributed by atoms with E-state index < -0.39 is 5.97 Å². The van der Waals surface area contributed by atoms with Gasteiger partial charge in [-0.25, -0.2) is 14.8 Å². The number of unbranched alkanes of at least 4 members (excludes halogenated alkanes) is 1. The van der Waals surface area contributed by atoms with Crippen molar-refractivity contribution in [1.82, 2.24) is 9.97 Å². The van der Waals surface area contributed by atoms with E-state index in [4.69, 9.17) is 10.5 Å². The summed E-state index contributed by atoms with van der Waals surface area (Å²) in [6.45, 7) is 6.54. The molecule has 0 bridgehead atoms. The van der Waals surface area contributed by atoms with Gasteiger partial charge >= 0.3 is 5.97 Å². The highest BCUT2D eigenvalue weighted by Gasteiger charge is 2.14. The van der Waals surface area contributed by atoms with Crippen molar-refractivity contribution < 1.29 is 9.53 Å². The summed E-state index contributed by atoms with van der Waals surface area (Å²) < 4.78 is 4.94. The Morgan fingerprint density at radius 1 is 1.50 bits per heavy atom. The highest BCUT2D eigenvalue weighted by molar-refractivity contribution is 5.90. The number of rotatable bonds is 8. The largest absolute Gasteiger partial charge is 0.462 e. The third-order valence-electron chi connectivity index (χ3n) is 3.00. The van der Waals surface area contributed by atoms with Gasteiger partial charge in [-0.1, -0.05) is 19.8 Å². The maximum absolute atomic E-state index is 11.7. The molecule has 1 rings (SSSR count). The molecular weight excluding hydrogens is 256 g/mol. The summed E-state index contributed by atoms with van der Waals surface area (Å²) in [5, 5.41) is 3.20. The number of nitrogens with one attached hydrogen (secondary N) is 1. The first-order chi connectivity index (χ1) is 9.62. The standard InChI is InChI=1S/C14H24N4O2/c1-4-6-7-11(8-15)18-14-16-9-12(10(3)17-14)13(19)20-5-2/h9,11H,4-8,15H2,1-3H3,(H,16,17,18). The lowest BCUT2D eigenvalue weighted by molar-refractivity contribution is 0.0524. The lowest BCUT2D eigenvalue weighted by atomic mass is 10.1. The van der Waals surface area contributed by atoms with E-state index in [-0.39, 0.29) is 6.04 Å². The molecule has 0 aliphatic rings. The molecule has 1 atom stereocenters. The molecule has 0 aliphatic carbocycles. The Hall–Kier alpha value is -1.69. The van der Waals surface area contributed by atoms with Gasteiger partial charge in [-0.2, -0.15) is 0 Å². The van der Waals surface area contributed by atoms with Crippen LogP contribution in [0, 0.1) is 6.92 Å². The Bertz CT molecular complexity index is 437. The molecule has 0 aliphatic heterocycles. The van der Waals surface area contributed by atoms with Crippen LogP contribution in [0.2, 0.25) is 0 Å². The highest BCUT2D eigenvalue weighted by atomic mass is 16.5. The minimum atomic E-state index is -0.391. The maximum Gasteiger partial charge on any atom is 0.341 e. The van der Waals surface area contributed by atoms with Crippen molar-refractivity contribution in [2.24, 2.45) is 5.73 Å². The third kappa shape index (κ3) is 4.77. The zero-order chi connectivity index (χ0) is 15.0. The Kier molecular flexibility index (Phi) is 6.93. The first kappa shape index (κ1) is 16.4. The van der Waals surface area contributed by atoms with Gasteiger partial charge in [0.15, 0.2) is 0 Å². The number of esters is 1. The summed E-state index contributed by atoms with van der Waals surface area (Å²) in [4.78, 5) is 20.1. The normalized spacial score (nSPS) is 12.0. The molecule has 6 nitrogen and oxygen atoms in total. The second-order valence-corrected chi connectivity index (χ2v) is 4.63. The van der Waals surface area contributed by atoms with Crippen molar-refractivity contribution in [1.29, 1.82) is 0 Å². The van der Waals surface area contributed by atoms with Crippen LogP contribution >= 0.6 is 0 Å². The van der Waals surface area contributed by atoms with E-state index in [9.17, 15) is 4.79 Å². The number of carbonyl (C=O) groups is 1. The number of nitrogens with zero attached hydrogens (tertiary/aromatic N) is 2. The van der Waals surface area contributed by atoms with Gasteiger partial charge in [0.2, 0.25) is 5.95 Å². The maximum atomic E-state index is 11.7. The van der Waals surface area contributed by atoms with Crippen LogP contribution in [0.25, 0.3) is 0 Å². The predicted molar refractivity (Wildman–Crippen MR) is 78.7 cm³/mol. The van der Waals surface area contributed by atoms with Crippen molar-refractivity contribution in [3.05, 3.63) is 17.5 Å². The molecule has 0 saturated carbocycles. The van der Waals surface area contributed by atoms with Crippen molar-refractivity contribution in [3.8, 4) is 0 Å².